The zero-order chi connectivity index (χ0) is 14.0. The van der Waals surface area contributed by atoms with Crippen molar-refractivity contribution in [2.45, 2.75) is 6.92 Å². The van der Waals surface area contributed by atoms with Gasteiger partial charge in [0.1, 0.15) is 0 Å². The van der Waals surface area contributed by atoms with Gasteiger partial charge in [-0.15, -0.1) is 0 Å². The minimum absolute atomic E-state index is 0.170. The van der Waals surface area contributed by atoms with Gasteiger partial charge < -0.3 is 5.32 Å². The third-order valence-electron chi connectivity index (χ3n) is 2.53. The van der Waals surface area contributed by atoms with E-state index < -0.39 is 11.9 Å². The second-order valence-electron chi connectivity index (χ2n) is 3.85. The molecular formula is C13H9Cl2FN2O. The zero-order valence-electron chi connectivity index (χ0n) is 9.88. The highest BCUT2D eigenvalue weighted by Crippen LogP contribution is 2.33. The Kier molecular flexibility index (Phi) is 4.02. The van der Waals surface area contributed by atoms with Gasteiger partial charge in [0.2, 0.25) is 5.95 Å². The van der Waals surface area contributed by atoms with Gasteiger partial charge in [-0.3, -0.25) is 4.79 Å². The van der Waals surface area contributed by atoms with Crippen LogP contribution in [0.3, 0.4) is 0 Å². The van der Waals surface area contributed by atoms with Crippen molar-refractivity contribution in [1.29, 1.82) is 0 Å². The van der Waals surface area contributed by atoms with Crippen LogP contribution >= 0.6 is 23.2 Å². The molecule has 0 radical (unpaired) electrons. The van der Waals surface area contributed by atoms with Crippen LogP contribution in [0.4, 0.5) is 10.1 Å². The van der Waals surface area contributed by atoms with E-state index in [-0.39, 0.29) is 16.3 Å². The van der Waals surface area contributed by atoms with Crippen LogP contribution in [0.1, 0.15) is 15.9 Å². The standard InChI is InChI=1S/C13H9Cl2FN2O/c1-7-4-5-9(14)11(10(7)15)18-13(19)8-3-2-6-17-12(8)16/h2-6H,1H3,(H,18,19). The summed E-state index contributed by atoms with van der Waals surface area (Å²) in [4.78, 5) is 15.4. The largest absolute Gasteiger partial charge is 0.319 e. The molecule has 2 rings (SSSR count). The van der Waals surface area contributed by atoms with Crippen molar-refractivity contribution in [1.82, 2.24) is 4.98 Å². The Morgan fingerprint density at radius 2 is 2.05 bits per heavy atom. The smallest absolute Gasteiger partial charge is 0.260 e. The van der Waals surface area contributed by atoms with Crippen molar-refractivity contribution in [3.63, 3.8) is 0 Å². The molecule has 1 amide bonds. The number of benzene rings is 1. The maximum absolute atomic E-state index is 13.4. The fourth-order valence-corrected chi connectivity index (χ4v) is 1.97. The topological polar surface area (TPSA) is 42.0 Å². The Bertz CT molecular complexity index is 647. The Labute approximate surface area is 119 Å². The molecule has 3 nitrogen and oxygen atoms in total. The molecule has 0 aliphatic rings. The number of pyridine rings is 1. The summed E-state index contributed by atoms with van der Waals surface area (Å²) in [5.41, 5.74) is 0.848. The van der Waals surface area contributed by atoms with Gasteiger partial charge in [-0.2, -0.15) is 4.39 Å². The summed E-state index contributed by atoms with van der Waals surface area (Å²) in [5, 5.41) is 3.10. The Balaban J connectivity index is 2.35. The van der Waals surface area contributed by atoms with Crippen LogP contribution in [-0.2, 0) is 0 Å². The maximum Gasteiger partial charge on any atom is 0.260 e. The van der Waals surface area contributed by atoms with Crippen LogP contribution in [0.15, 0.2) is 30.5 Å². The molecule has 1 heterocycles. The summed E-state index contributed by atoms with van der Waals surface area (Å²) in [6.45, 7) is 1.78. The van der Waals surface area contributed by atoms with E-state index in [0.29, 0.717) is 5.02 Å². The van der Waals surface area contributed by atoms with Gasteiger partial charge in [-0.05, 0) is 30.7 Å². The molecule has 0 spiro atoms. The molecule has 0 aliphatic heterocycles. The number of carbonyl (C=O) groups excluding carboxylic acids is 1. The number of hydrogen-bond acceptors (Lipinski definition) is 2. The summed E-state index contributed by atoms with van der Waals surface area (Å²) in [7, 11) is 0. The van der Waals surface area contributed by atoms with E-state index in [0.717, 1.165) is 5.56 Å². The molecular weight excluding hydrogens is 290 g/mol. The first-order chi connectivity index (χ1) is 9.00. The van der Waals surface area contributed by atoms with E-state index in [9.17, 15) is 9.18 Å². The van der Waals surface area contributed by atoms with Crippen molar-refractivity contribution in [3.8, 4) is 0 Å². The van der Waals surface area contributed by atoms with Crippen molar-refractivity contribution < 1.29 is 9.18 Å². The number of nitrogens with zero attached hydrogens (tertiary/aromatic N) is 1. The lowest BCUT2D eigenvalue weighted by molar-refractivity contribution is 0.102. The van der Waals surface area contributed by atoms with Crippen molar-refractivity contribution in [3.05, 3.63) is 57.6 Å². The number of carbonyl (C=O) groups is 1. The molecule has 0 bridgehead atoms. The zero-order valence-corrected chi connectivity index (χ0v) is 11.4. The quantitative estimate of drug-likeness (QED) is 0.849. The highest BCUT2D eigenvalue weighted by Gasteiger charge is 2.16. The fourth-order valence-electron chi connectivity index (χ4n) is 1.51. The van der Waals surface area contributed by atoms with E-state index in [2.05, 4.69) is 10.3 Å². The number of rotatable bonds is 2. The molecule has 0 atom stereocenters. The van der Waals surface area contributed by atoms with E-state index in [4.69, 9.17) is 23.2 Å². The summed E-state index contributed by atoms with van der Waals surface area (Å²) in [6.07, 6.45) is 1.26. The highest BCUT2D eigenvalue weighted by molar-refractivity contribution is 6.40. The second-order valence-corrected chi connectivity index (χ2v) is 4.63. The second kappa shape index (κ2) is 5.55. The van der Waals surface area contributed by atoms with E-state index in [1.807, 2.05) is 0 Å². The van der Waals surface area contributed by atoms with E-state index in [1.165, 1.54) is 18.3 Å². The molecule has 2 aromatic rings. The summed E-state index contributed by atoms with van der Waals surface area (Å²) < 4.78 is 13.4. The minimum atomic E-state index is -0.847. The van der Waals surface area contributed by atoms with Crippen LogP contribution in [0.25, 0.3) is 0 Å². The predicted molar refractivity (Wildman–Crippen MR) is 73.3 cm³/mol. The lowest BCUT2D eigenvalue weighted by atomic mass is 10.2. The number of aromatic nitrogens is 1. The first-order valence-electron chi connectivity index (χ1n) is 5.37. The molecule has 0 aliphatic carbocycles. The van der Waals surface area contributed by atoms with Crippen molar-refractivity contribution in [2.24, 2.45) is 0 Å². The molecule has 6 heteroatoms. The maximum atomic E-state index is 13.4. The number of halogens is 3. The molecule has 19 heavy (non-hydrogen) atoms. The van der Waals surface area contributed by atoms with Crippen LogP contribution in [0.2, 0.25) is 10.0 Å². The van der Waals surface area contributed by atoms with E-state index in [1.54, 1.807) is 19.1 Å². The van der Waals surface area contributed by atoms with Gasteiger partial charge in [0.15, 0.2) is 0 Å². The normalized spacial score (nSPS) is 10.3. The summed E-state index contributed by atoms with van der Waals surface area (Å²) in [5.74, 6) is -1.50. The molecule has 0 saturated carbocycles. The van der Waals surface area contributed by atoms with Gasteiger partial charge in [-0.25, -0.2) is 4.98 Å². The number of anilines is 1. The van der Waals surface area contributed by atoms with Crippen molar-refractivity contribution in [2.75, 3.05) is 5.32 Å². The Morgan fingerprint density at radius 3 is 2.74 bits per heavy atom. The summed E-state index contributed by atoms with van der Waals surface area (Å²) >= 11 is 12.0. The molecule has 98 valence electrons. The number of aryl methyl sites for hydroxylation is 1. The lowest BCUT2D eigenvalue weighted by Gasteiger charge is -2.11. The van der Waals surface area contributed by atoms with Crippen molar-refractivity contribution >= 4 is 34.8 Å². The van der Waals surface area contributed by atoms with Gasteiger partial charge >= 0.3 is 0 Å². The third kappa shape index (κ3) is 2.85. The van der Waals surface area contributed by atoms with Gasteiger partial charge in [0.25, 0.3) is 5.91 Å². The average Bonchev–Trinajstić information content (AvgIpc) is 2.39. The number of hydrogen-bond donors (Lipinski definition) is 1. The first kappa shape index (κ1) is 13.8. The molecule has 0 fully saturated rings. The molecule has 0 unspecified atom stereocenters. The molecule has 1 N–H and O–H groups in total. The summed E-state index contributed by atoms with van der Waals surface area (Å²) in [6, 6.07) is 6.13. The van der Waals surface area contributed by atoms with Gasteiger partial charge in [0, 0.05) is 6.20 Å². The monoisotopic (exact) mass is 298 g/mol. The Morgan fingerprint density at radius 1 is 1.32 bits per heavy atom. The van der Waals surface area contributed by atoms with Gasteiger partial charge in [0.05, 0.1) is 21.3 Å². The van der Waals surface area contributed by atoms with E-state index >= 15 is 0 Å². The average molecular weight is 299 g/mol. The first-order valence-corrected chi connectivity index (χ1v) is 6.12. The SMILES string of the molecule is Cc1ccc(Cl)c(NC(=O)c2cccnc2F)c1Cl. The van der Waals surface area contributed by atoms with Crippen LogP contribution in [-0.4, -0.2) is 10.9 Å². The number of nitrogens with one attached hydrogen (secondary N) is 1. The van der Waals surface area contributed by atoms with Crippen LogP contribution in [0.5, 0.6) is 0 Å². The molecule has 0 saturated heterocycles. The van der Waals surface area contributed by atoms with Crippen LogP contribution < -0.4 is 5.32 Å². The fraction of sp³-hybridized carbons (Fsp3) is 0.0769. The molecule has 1 aromatic heterocycles. The lowest BCUT2D eigenvalue weighted by Crippen LogP contribution is -2.15. The van der Waals surface area contributed by atoms with Gasteiger partial charge in [-0.1, -0.05) is 29.3 Å². The highest BCUT2D eigenvalue weighted by atomic mass is 35.5. The number of amides is 1. The predicted octanol–water partition coefficient (Wildman–Crippen LogP) is 4.09. The molecule has 1 aromatic carbocycles. The minimum Gasteiger partial charge on any atom is -0.319 e. The Hall–Kier alpha value is -1.65. The third-order valence-corrected chi connectivity index (χ3v) is 3.33. The van der Waals surface area contributed by atoms with Crippen LogP contribution in [0, 0.1) is 12.9 Å².